The van der Waals surface area contributed by atoms with Crippen LogP contribution in [0.3, 0.4) is 0 Å². The molecule has 0 aromatic heterocycles. The molecular weight excluding hydrogens is 492 g/mol. The van der Waals surface area contributed by atoms with E-state index in [0.29, 0.717) is 25.2 Å². The Hall–Kier alpha value is -1.24. The average molecular weight is 545 g/mol. The minimum absolute atomic E-state index is 0.0493. The highest BCUT2D eigenvalue weighted by atomic mass is 16.6. The molecule has 39 heavy (non-hydrogen) atoms. The number of rotatable bonds is 5. The number of hydrogen-bond acceptors (Lipinski definition) is 6. The predicted molar refractivity (Wildman–Crippen MR) is 150 cm³/mol. The number of fused-ring (bicyclic) bond motifs is 5. The van der Waals surface area contributed by atoms with Crippen molar-refractivity contribution >= 4 is 11.8 Å². The Labute approximate surface area is 235 Å². The van der Waals surface area contributed by atoms with Crippen LogP contribution >= 0.6 is 0 Å². The van der Waals surface area contributed by atoms with Crippen molar-refractivity contribution < 1.29 is 29.3 Å². The fourth-order valence-electron chi connectivity index (χ4n) is 10.7. The van der Waals surface area contributed by atoms with E-state index >= 15 is 0 Å². The van der Waals surface area contributed by atoms with Crippen molar-refractivity contribution in [3.8, 4) is 0 Å². The number of aliphatic hydroxyl groups is 2. The lowest BCUT2D eigenvalue weighted by Crippen LogP contribution is -2.68. The molecule has 6 heteroatoms. The highest BCUT2D eigenvalue weighted by Crippen LogP contribution is 2.74. The molecule has 3 unspecified atom stereocenters. The molecule has 2 N–H and O–H groups in total. The van der Waals surface area contributed by atoms with Gasteiger partial charge in [0.1, 0.15) is 24.1 Å². The predicted octanol–water partition coefficient (Wildman–Crippen LogP) is 5.63. The van der Waals surface area contributed by atoms with Crippen LogP contribution in [0.5, 0.6) is 0 Å². The first-order chi connectivity index (χ1) is 17.9. The second-order valence-electron chi connectivity index (χ2n) is 15.8. The van der Waals surface area contributed by atoms with E-state index in [-0.39, 0.29) is 57.6 Å². The molecule has 1 saturated heterocycles. The maximum absolute atomic E-state index is 13.0. The maximum atomic E-state index is 13.0. The number of Topliss-reactive ketones (excluding diaryl/α,β-unsaturated/α-hetero) is 1. The monoisotopic (exact) mass is 544 g/mol. The van der Waals surface area contributed by atoms with Gasteiger partial charge in [0.05, 0.1) is 12.7 Å². The van der Waals surface area contributed by atoms with E-state index in [1.807, 2.05) is 0 Å². The van der Waals surface area contributed by atoms with Crippen molar-refractivity contribution in [3.63, 3.8) is 0 Å². The van der Waals surface area contributed by atoms with Crippen molar-refractivity contribution in [1.82, 2.24) is 0 Å². The largest absolute Gasteiger partial charge is 0.460 e. The molecule has 1 aliphatic heterocycles. The number of carbonyl (C=O) groups excluding carboxylic acids is 2. The van der Waals surface area contributed by atoms with Gasteiger partial charge in [-0.15, -0.1) is 0 Å². The summed E-state index contributed by atoms with van der Waals surface area (Å²) in [6.07, 6.45) is 3.45. The molecule has 0 radical (unpaired) electrons. The Balaban J connectivity index is 1.50. The minimum Gasteiger partial charge on any atom is -0.460 e. The number of allylic oxidation sites excluding steroid dienone is 1. The Morgan fingerprint density at radius 1 is 1.05 bits per heavy atom. The van der Waals surface area contributed by atoms with Crippen LogP contribution in [0.2, 0.25) is 0 Å². The molecular formula is C33H52O6. The summed E-state index contributed by atoms with van der Waals surface area (Å²) in [4.78, 5) is 25.0. The molecule has 0 bridgehead atoms. The molecule has 4 fully saturated rings. The zero-order valence-electron chi connectivity index (χ0n) is 25.7. The van der Waals surface area contributed by atoms with Gasteiger partial charge in [0, 0.05) is 24.2 Å². The fraction of sp³-hybridized carbons (Fsp3) is 0.879. The van der Waals surface area contributed by atoms with Gasteiger partial charge in [0.15, 0.2) is 0 Å². The summed E-state index contributed by atoms with van der Waals surface area (Å²) in [5.74, 6) is 0.258. The van der Waals surface area contributed by atoms with Gasteiger partial charge in [0.25, 0.3) is 0 Å². The van der Waals surface area contributed by atoms with Crippen LogP contribution in [0.4, 0.5) is 0 Å². The summed E-state index contributed by atoms with van der Waals surface area (Å²) < 4.78 is 11.7. The summed E-state index contributed by atoms with van der Waals surface area (Å²) in [6, 6.07) is 0. The smallest absolute Gasteiger partial charge is 0.302 e. The number of ether oxygens (including phenoxy) is 2. The van der Waals surface area contributed by atoms with Gasteiger partial charge in [0.2, 0.25) is 0 Å². The number of carbonyl (C=O) groups is 2. The summed E-state index contributed by atoms with van der Waals surface area (Å²) in [5, 5.41) is 23.9. The van der Waals surface area contributed by atoms with Gasteiger partial charge in [-0.3, -0.25) is 9.59 Å². The molecule has 5 rings (SSSR count). The van der Waals surface area contributed by atoms with Crippen LogP contribution in [0.25, 0.3) is 0 Å². The van der Waals surface area contributed by atoms with Crippen LogP contribution in [0.1, 0.15) is 107 Å². The van der Waals surface area contributed by atoms with E-state index in [9.17, 15) is 19.8 Å². The topological polar surface area (TPSA) is 93.1 Å². The molecule has 0 aromatic rings. The Bertz CT molecular complexity index is 1070. The Morgan fingerprint density at radius 2 is 1.72 bits per heavy atom. The zero-order valence-corrected chi connectivity index (χ0v) is 25.7. The quantitative estimate of drug-likeness (QED) is 0.344. The van der Waals surface area contributed by atoms with Gasteiger partial charge >= 0.3 is 5.97 Å². The van der Waals surface area contributed by atoms with E-state index in [4.69, 9.17) is 9.47 Å². The third kappa shape index (κ3) is 3.97. The minimum atomic E-state index is -0.923. The zero-order chi connectivity index (χ0) is 28.9. The average Bonchev–Trinajstić information content (AvgIpc) is 3.18. The van der Waals surface area contributed by atoms with Gasteiger partial charge in [-0.1, -0.05) is 61.0 Å². The molecule has 0 spiro atoms. The SMILES string of the molecule is CC(=O)O[C@@H](C[C@@H](C)C1=C2[C@H](O)[C@H](O)C3[C@@]4(C)CCC(=O)C(C)(C)C4CC[C@]3(C)[C@@]2(C)CC1)C1OCC1(C)C. The van der Waals surface area contributed by atoms with E-state index < -0.39 is 17.6 Å². The molecule has 5 aliphatic rings. The van der Waals surface area contributed by atoms with Gasteiger partial charge in [-0.25, -0.2) is 0 Å². The molecule has 4 aliphatic carbocycles. The second kappa shape index (κ2) is 9.13. The number of ketones is 1. The highest BCUT2D eigenvalue weighted by Gasteiger charge is 2.71. The molecule has 0 aromatic carbocycles. The third-order valence-corrected chi connectivity index (χ3v) is 12.9. The maximum Gasteiger partial charge on any atom is 0.302 e. The van der Waals surface area contributed by atoms with Gasteiger partial charge in [-0.05, 0) is 78.1 Å². The van der Waals surface area contributed by atoms with Crippen molar-refractivity contribution in [2.75, 3.05) is 6.61 Å². The Morgan fingerprint density at radius 3 is 2.28 bits per heavy atom. The lowest BCUT2D eigenvalue weighted by Gasteiger charge is -2.69. The molecule has 6 nitrogen and oxygen atoms in total. The molecule has 220 valence electrons. The van der Waals surface area contributed by atoms with E-state index in [1.165, 1.54) is 12.5 Å². The number of aliphatic hydroxyl groups excluding tert-OH is 2. The summed E-state index contributed by atoms with van der Waals surface area (Å²) in [6.45, 7) is 19.8. The number of esters is 1. The van der Waals surface area contributed by atoms with Crippen LogP contribution in [-0.2, 0) is 19.1 Å². The summed E-state index contributed by atoms with van der Waals surface area (Å²) in [7, 11) is 0. The van der Waals surface area contributed by atoms with E-state index in [0.717, 1.165) is 37.7 Å². The second-order valence-corrected chi connectivity index (χ2v) is 15.8. The van der Waals surface area contributed by atoms with E-state index in [2.05, 4.69) is 55.4 Å². The van der Waals surface area contributed by atoms with Crippen LogP contribution in [0.15, 0.2) is 11.1 Å². The molecule has 3 saturated carbocycles. The first kappa shape index (κ1) is 29.3. The van der Waals surface area contributed by atoms with Gasteiger partial charge < -0.3 is 19.7 Å². The third-order valence-electron chi connectivity index (χ3n) is 12.9. The molecule has 0 amide bonds. The molecule has 10 atom stereocenters. The van der Waals surface area contributed by atoms with Crippen LogP contribution < -0.4 is 0 Å². The highest BCUT2D eigenvalue weighted by molar-refractivity contribution is 5.85. The lowest BCUT2D eigenvalue weighted by molar-refractivity contribution is -0.227. The first-order valence-electron chi connectivity index (χ1n) is 15.3. The van der Waals surface area contributed by atoms with Crippen LogP contribution in [0, 0.1) is 44.8 Å². The van der Waals surface area contributed by atoms with Gasteiger partial charge in [-0.2, -0.15) is 0 Å². The standard InChI is InChI=1S/C33H52O6/c1-18(16-21(39-19(2)34)28-29(3,4)17-38-28)20-10-14-32(8)24(20)25(36)26(37)27-31(7)13-12-23(35)30(5,6)22(31)11-15-33(27,32)9/h18,21-22,25-28,36-37H,10-17H2,1-9H3/t18-,21+,22?,25+,26+,27?,28?,31+,32+,33+/m1/s1. The summed E-state index contributed by atoms with van der Waals surface area (Å²) >= 11 is 0. The fourth-order valence-corrected chi connectivity index (χ4v) is 10.7. The van der Waals surface area contributed by atoms with Crippen LogP contribution in [-0.4, -0.2) is 53.0 Å². The van der Waals surface area contributed by atoms with Crippen molar-refractivity contribution in [2.24, 2.45) is 44.8 Å². The van der Waals surface area contributed by atoms with Crippen molar-refractivity contribution in [3.05, 3.63) is 11.1 Å². The van der Waals surface area contributed by atoms with Crippen molar-refractivity contribution in [1.29, 1.82) is 0 Å². The van der Waals surface area contributed by atoms with E-state index in [1.54, 1.807) is 0 Å². The number of hydrogen-bond donors (Lipinski definition) is 2. The van der Waals surface area contributed by atoms with Crippen molar-refractivity contribution in [2.45, 2.75) is 132 Å². The summed E-state index contributed by atoms with van der Waals surface area (Å²) in [5.41, 5.74) is 1.18. The Kier molecular flexibility index (Phi) is 6.85. The first-order valence-corrected chi connectivity index (χ1v) is 15.3. The lowest BCUT2D eigenvalue weighted by atomic mass is 9.35. The molecule has 1 heterocycles. The normalized spacial score (nSPS) is 45.9.